The molecule has 2 fully saturated rings. The van der Waals surface area contributed by atoms with Crippen molar-refractivity contribution in [2.75, 3.05) is 11.5 Å². The fourth-order valence-corrected chi connectivity index (χ4v) is 6.91. The van der Waals surface area contributed by atoms with Crippen molar-refractivity contribution < 1.29 is 21.6 Å². The minimum atomic E-state index is -3.74. The van der Waals surface area contributed by atoms with Gasteiger partial charge in [0, 0.05) is 11.6 Å². The van der Waals surface area contributed by atoms with E-state index < -0.39 is 24.9 Å². The second-order valence-electron chi connectivity index (χ2n) is 5.85. The molecular formula is C14H17NO5S2. The summed E-state index contributed by atoms with van der Waals surface area (Å²) in [6, 6.07) is 6.00. The van der Waals surface area contributed by atoms with E-state index in [1.165, 1.54) is 18.2 Å². The average molecular weight is 343 g/mol. The highest BCUT2D eigenvalue weighted by atomic mass is 32.2. The number of carbonyl (C=O) groups excluding carboxylic acids is 1. The molecule has 1 aliphatic carbocycles. The van der Waals surface area contributed by atoms with E-state index in [0.717, 1.165) is 12.8 Å². The van der Waals surface area contributed by atoms with Crippen molar-refractivity contribution in [2.45, 2.75) is 35.4 Å². The van der Waals surface area contributed by atoms with Crippen molar-refractivity contribution in [1.29, 1.82) is 0 Å². The lowest BCUT2D eigenvalue weighted by Gasteiger charge is -2.11. The molecule has 6 nitrogen and oxygen atoms in total. The van der Waals surface area contributed by atoms with Gasteiger partial charge in [-0.1, -0.05) is 6.07 Å². The minimum absolute atomic E-state index is 0.0121. The van der Waals surface area contributed by atoms with Gasteiger partial charge in [0.15, 0.2) is 19.7 Å². The summed E-state index contributed by atoms with van der Waals surface area (Å²) in [4.78, 5) is 12.0. The number of rotatable bonds is 4. The zero-order chi connectivity index (χ0) is 16.0. The van der Waals surface area contributed by atoms with Gasteiger partial charge in [-0.2, -0.15) is 0 Å². The van der Waals surface area contributed by atoms with Crippen LogP contribution >= 0.6 is 0 Å². The van der Waals surface area contributed by atoms with E-state index in [4.69, 9.17) is 0 Å². The van der Waals surface area contributed by atoms with Crippen molar-refractivity contribution >= 4 is 25.6 Å². The number of hydrogen-bond acceptors (Lipinski definition) is 5. The molecule has 1 heterocycles. The summed E-state index contributed by atoms with van der Waals surface area (Å²) in [6.07, 6.45) is 2.01. The quantitative estimate of drug-likeness (QED) is 0.860. The Balaban J connectivity index is 1.86. The molecule has 1 N–H and O–H groups in total. The van der Waals surface area contributed by atoms with Crippen LogP contribution in [-0.4, -0.2) is 45.5 Å². The number of carbonyl (C=O) groups is 1. The SMILES string of the molecule is O=C(NC1CC1)c1cccc(S(=O)(=O)C2CCS(=O)(=O)C2)c1. The second-order valence-corrected chi connectivity index (χ2v) is 10.3. The van der Waals surface area contributed by atoms with Gasteiger partial charge in [0.1, 0.15) is 0 Å². The van der Waals surface area contributed by atoms with Gasteiger partial charge in [0.2, 0.25) is 0 Å². The van der Waals surface area contributed by atoms with Gasteiger partial charge >= 0.3 is 0 Å². The van der Waals surface area contributed by atoms with E-state index in [-0.39, 0.29) is 40.3 Å². The van der Waals surface area contributed by atoms with Crippen LogP contribution < -0.4 is 5.32 Å². The van der Waals surface area contributed by atoms with E-state index in [2.05, 4.69) is 5.32 Å². The molecule has 1 saturated heterocycles. The Morgan fingerprint density at radius 2 is 1.91 bits per heavy atom. The normalized spacial score (nSPS) is 24.1. The third kappa shape index (κ3) is 3.17. The summed E-state index contributed by atoms with van der Waals surface area (Å²) in [5.74, 6) is -0.731. The molecule has 0 bridgehead atoms. The summed E-state index contributed by atoms with van der Waals surface area (Å²) in [5, 5.41) is 1.88. The van der Waals surface area contributed by atoms with E-state index in [0.29, 0.717) is 0 Å². The number of hydrogen-bond donors (Lipinski definition) is 1. The predicted molar refractivity (Wildman–Crippen MR) is 81.2 cm³/mol. The molecule has 8 heteroatoms. The lowest BCUT2D eigenvalue weighted by Crippen LogP contribution is -2.26. The lowest BCUT2D eigenvalue weighted by atomic mass is 10.2. The van der Waals surface area contributed by atoms with Crippen LogP contribution in [0.3, 0.4) is 0 Å². The molecule has 1 aromatic rings. The smallest absolute Gasteiger partial charge is 0.251 e. The standard InChI is InChI=1S/C14H17NO5S2/c16-14(15-11-4-5-11)10-2-1-3-12(8-10)22(19,20)13-6-7-21(17,18)9-13/h1-3,8,11,13H,4-7,9H2,(H,15,16). The minimum Gasteiger partial charge on any atom is -0.349 e. The Hall–Kier alpha value is -1.41. The maximum atomic E-state index is 12.5. The first kappa shape index (κ1) is 15.5. The van der Waals surface area contributed by atoms with Crippen LogP contribution in [0.1, 0.15) is 29.6 Å². The van der Waals surface area contributed by atoms with Crippen molar-refractivity contribution in [3.8, 4) is 0 Å². The summed E-state index contributed by atoms with van der Waals surface area (Å²) in [6.45, 7) is 0. The maximum Gasteiger partial charge on any atom is 0.251 e. The number of benzene rings is 1. The highest BCUT2D eigenvalue weighted by Crippen LogP contribution is 2.26. The fraction of sp³-hybridized carbons (Fsp3) is 0.500. The van der Waals surface area contributed by atoms with Gasteiger partial charge in [-0.3, -0.25) is 4.79 Å². The van der Waals surface area contributed by atoms with E-state index in [1.807, 2.05) is 0 Å². The lowest BCUT2D eigenvalue weighted by molar-refractivity contribution is 0.0951. The van der Waals surface area contributed by atoms with Gasteiger partial charge in [0.25, 0.3) is 5.91 Å². The molecule has 1 saturated carbocycles. The molecule has 0 radical (unpaired) electrons. The van der Waals surface area contributed by atoms with Crippen molar-refractivity contribution in [3.05, 3.63) is 29.8 Å². The monoisotopic (exact) mass is 343 g/mol. The zero-order valence-electron chi connectivity index (χ0n) is 11.9. The van der Waals surface area contributed by atoms with Crippen LogP contribution in [0.2, 0.25) is 0 Å². The van der Waals surface area contributed by atoms with Gasteiger partial charge in [-0.05, 0) is 37.5 Å². The molecule has 2 aliphatic rings. The third-order valence-corrected chi connectivity index (χ3v) is 8.14. The van der Waals surface area contributed by atoms with Crippen LogP contribution in [-0.2, 0) is 19.7 Å². The number of amides is 1. The third-order valence-electron chi connectivity index (χ3n) is 3.97. The van der Waals surface area contributed by atoms with Crippen LogP contribution in [0.4, 0.5) is 0 Å². The Morgan fingerprint density at radius 3 is 2.50 bits per heavy atom. The Bertz CT molecular complexity index is 809. The first-order chi connectivity index (χ1) is 10.3. The van der Waals surface area contributed by atoms with E-state index in [9.17, 15) is 21.6 Å². The molecule has 1 unspecified atom stereocenters. The average Bonchev–Trinajstić information content (AvgIpc) is 3.20. The summed E-state index contributed by atoms with van der Waals surface area (Å²) >= 11 is 0. The first-order valence-corrected chi connectivity index (χ1v) is 10.5. The van der Waals surface area contributed by atoms with Crippen LogP contribution in [0.15, 0.2) is 29.2 Å². The Kier molecular flexibility index (Phi) is 3.76. The molecule has 1 aromatic carbocycles. The largest absolute Gasteiger partial charge is 0.349 e. The molecule has 120 valence electrons. The molecule has 1 amide bonds. The maximum absolute atomic E-state index is 12.5. The molecule has 1 aliphatic heterocycles. The number of sulfone groups is 2. The van der Waals surface area contributed by atoms with Crippen LogP contribution in [0, 0.1) is 0 Å². The van der Waals surface area contributed by atoms with Gasteiger partial charge in [-0.15, -0.1) is 0 Å². The van der Waals surface area contributed by atoms with Crippen molar-refractivity contribution in [2.24, 2.45) is 0 Å². The van der Waals surface area contributed by atoms with Gasteiger partial charge in [0.05, 0.1) is 21.7 Å². The molecule has 1 atom stereocenters. The topological polar surface area (TPSA) is 97.4 Å². The van der Waals surface area contributed by atoms with E-state index in [1.54, 1.807) is 6.07 Å². The van der Waals surface area contributed by atoms with Crippen LogP contribution in [0.5, 0.6) is 0 Å². The fourth-order valence-electron chi connectivity index (χ4n) is 2.51. The summed E-state index contributed by atoms with van der Waals surface area (Å²) < 4.78 is 48.1. The van der Waals surface area contributed by atoms with Gasteiger partial charge < -0.3 is 5.32 Å². The molecular weight excluding hydrogens is 326 g/mol. The highest BCUT2D eigenvalue weighted by molar-refractivity contribution is 7.96. The number of nitrogens with one attached hydrogen (secondary N) is 1. The van der Waals surface area contributed by atoms with E-state index >= 15 is 0 Å². The summed E-state index contributed by atoms with van der Waals surface area (Å²) in [7, 11) is -7.02. The zero-order valence-corrected chi connectivity index (χ0v) is 13.5. The molecule has 3 rings (SSSR count). The predicted octanol–water partition coefficient (Wildman–Crippen LogP) is 0.540. The molecule has 0 aromatic heterocycles. The van der Waals surface area contributed by atoms with Crippen LogP contribution in [0.25, 0.3) is 0 Å². The second kappa shape index (κ2) is 5.34. The highest BCUT2D eigenvalue weighted by Gasteiger charge is 2.38. The summed E-state index contributed by atoms with van der Waals surface area (Å²) in [5.41, 5.74) is 0.286. The first-order valence-electron chi connectivity index (χ1n) is 7.13. The Labute approximate surface area is 129 Å². The molecule has 0 spiro atoms. The molecule has 22 heavy (non-hydrogen) atoms. The van der Waals surface area contributed by atoms with Gasteiger partial charge in [-0.25, -0.2) is 16.8 Å². The van der Waals surface area contributed by atoms with Crippen molar-refractivity contribution in [3.63, 3.8) is 0 Å². The van der Waals surface area contributed by atoms with Crippen molar-refractivity contribution in [1.82, 2.24) is 5.32 Å². The Morgan fingerprint density at radius 1 is 1.18 bits per heavy atom.